The molecule has 154 valence electrons. The number of fused-ring (bicyclic) bond motifs is 2. The average molecular weight is 428 g/mol. The molecule has 31 heavy (non-hydrogen) atoms. The van der Waals surface area contributed by atoms with E-state index in [1.54, 1.807) is 24.3 Å². The number of nitrogens with one attached hydrogen (secondary N) is 1. The van der Waals surface area contributed by atoms with Crippen molar-refractivity contribution in [2.45, 2.75) is 20.0 Å². The van der Waals surface area contributed by atoms with Crippen LogP contribution in [0, 0.1) is 6.92 Å². The van der Waals surface area contributed by atoms with Crippen LogP contribution >= 0.6 is 11.3 Å². The maximum absolute atomic E-state index is 13.4. The summed E-state index contributed by atoms with van der Waals surface area (Å²) in [7, 11) is 0. The van der Waals surface area contributed by atoms with Crippen LogP contribution in [0.3, 0.4) is 0 Å². The van der Waals surface area contributed by atoms with Crippen molar-refractivity contribution in [2.24, 2.45) is 0 Å². The number of anilines is 2. The number of benzene rings is 2. The van der Waals surface area contributed by atoms with Gasteiger partial charge in [-0.25, -0.2) is 0 Å². The molecular formula is C25H21N3O2S. The lowest BCUT2D eigenvalue weighted by atomic mass is 10.1. The van der Waals surface area contributed by atoms with Crippen molar-refractivity contribution in [3.63, 3.8) is 0 Å². The first kappa shape index (κ1) is 19.3. The van der Waals surface area contributed by atoms with Crippen LogP contribution < -0.4 is 10.2 Å². The van der Waals surface area contributed by atoms with Crippen LogP contribution in [0.15, 0.2) is 78.3 Å². The first-order valence-electron chi connectivity index (χ1n) is 10.1. The lowest BCUT2D eigenvalue weighted by Gasteiger charge is -2.23. The molecule has 0 fully saturated rings. The highest BCUT2D eigenvalue weighted by atomic mass is 32.1. The third kappa shape index (κ3) is 3.66. The molecule has 6 heteroatoms. The van der Waals surface area contributed by atoms with Gasteiger partial charge in [-0.05, 0) is 72.0 Å². The predicted octanol–water partition coefficient (Wildman–Crippen LogP) is 5.32. The second-order valence-electron chi connectivity index (χ2n) is 7.61. The van der Waals surface area contributed by atoms with E-state index < -0.39 is 0 Å². The Bertz CT molecular complexity index is 1270. The van der Waals surface area contributed by atoms with Crippen molar-refractivity contribution in [3.05, 3.63) is 106 Å². The maximum Gasteiger partial charge on any atom is 0.265 e. The fraction of sp³-hybridized carbons (Fsp3) is 0.120. The Kier molecular flexibility index (Phi) is 4.92. The quantitative estimate of drug-likeness (QED) is 0.481. The van der Waals surface area contributed by atoms with E-state index >= 15 is 0 Å². The highest BCUT2D eigenvalue weighted by Crippen LogP contribution is 2.29. The molecule has 1 aliphatic heterocycles. The van der Waals surface area contributed by atoms with E-state index in [0.717, 1.165) is 29.1 Å². The second kappa shape index (κ2) is 7.89. The number of hydrogen-bond acceptors (Lipinski definition) is 3. The molecular weight excluding hydrogens is 406 g/mol. The molecule has 2 aromatic carbocycles. The van der Waals surface area contributed by atoms with Crippen molar-refractivity contribution < 1.29 is 9.59 Å². The van der Waals surface area contributed by atoms with Crippen molar-refractivity contribution in [3.8, 4) is 0 Å². The number of para-hydroxylation sites is 1. The zero-order valence-corrected chi connectivity index (χ0v) is 17.9. The van der Waals surface area contributed by atoms with E-state index in [4.69, 9.17) is 0 Å². The van der Waals surface area contributed by atoms with E-state index in [0.29, 0.717) is 22.7 Å². The highest BCUT2D eigenvalue weighted by molar-refractivity contribution is 7.12. The van der Waals surface area contributed by atoms with Gasteiger partial charge in [-0.2, -0.15) is 0 Å². The zero-order chi connectivity index (χ0) is 21.4. The van der Waals surface area contributed by atoms with Gasteiger partial charge in [-0.15, -0.1) is 11.3 Å². The Hall–Kier alpha value is -3.64. The molecule has 1 N–H and O–H groups in total. The molecule has 1 aliphatic rings. The average Bonchev–Trinajstić information content (AvgIpc) is 3.38. The number of rotatable bonds is 3. The number of aryl methyl sites for hydroxylation is 1. The summed E-state index contributed by atoms with van der Waals surface area (Å²) >= 11 is 1.42. The molecule has 0 radical (unpaired) electrons. The Labute approximate surface area is 184 Å². The standard InChI is InChI=1S/C25H21N3O2S/c1-17-12-14-31-23(17)24(29)26-20-10-8-18(9-11-20)25(30)28-16-21-6-4-13-27(21)15-19-5-2-3-7-22(19)28/h2-14H,15-16H2,1H3,(H,26,29). The van der Waals surface area contributed by atoms with Gasteiger partial charge in [0.1, 0.15) is 0 Å². The topological polar surface area (TPSA) is 54.3 Å². The third-order valence-electron chi connectivity index (χ3n) is 5.57. The SMILES string of the molecule is Cc1ccsc1C(=O)Nc1ccc(C(=O)N2Cc3cccn3Cc3ccccc32)cc1. The van der Waals surface area contributed by atoms with Crippen LogP contribution in [0.5, 0.6) is 0 Å². The molecule has 5 nitrogen and oxygen atoms in total. The van der Waals surface area contributed by atoms with Crippen molar-refractivity contribution in [1.82, 2.24) is 4.57 Å². The fourth-order valence-corrected chi connectivity index (χ4v) is 4.73. The van der Waals surface area contributed by atoms with Crippen molar-refractivity contribution >= 4 is 34.5 Å². The van der Waals surface area contributed by atoms with Gasteiger partial charge in [0.15, 0.2) is 0 Å². The van der Waals surface area contributed by atoms with Crippen LogP contribution in [-0.4, -0.2) is 16.4 Å². The molecule has 0 bridgehead atoms. The van der Waals surface area contributed by atoms with Gasteiger partial charge >= 0.3 is 0 Å². The summed E-state index contributed by atoms with van der Waals surface area (Å²) in [4.78, 5) is 28.4. The number of carbonyl (C=O) groups excluding carboxylic acids is 2. The smallest absolute Gasteiger partial charge is 0.265 e. The number of amides is 2. The Balaban J connectivity index is 1.40. The molecule has 5 rings (SSSR count). The van der Waals surface area contributed by atoms with E-state index in [1.165, 1.54) is 11.3 Å². The molecule has 0 saturated carbocycles. The molecule has 2 aromatic heterocycles. The van der Waals surface area contributed by atoms with E-state index in [-0.39, 0.29) is 11.8 Å². The largest absolute Gasteiger partial charge is 0.345 e. The number of aromatic nitrogens is 1. The molecule has 3 heterocycles. The van der Waals surface area contributed by atoms with Gasteiger partial charge in [-0.1, -0.05) is 18.2 Å². The van der Waals surface area contributed by atoms with Gasteiger partial charge < -0.3 is 14.8 Å². The lowest BCUT2D eigenvalue weighted by Crippen LogP contribution is -2.30. The number of carbonyl (C=O) groups is 2. The number of hydrogen-bond donors (Lipinski definition) is 1. The highest BCUT2D eigenvalue weighted by Gasteiger charge is 2.24. The van der Waals surface area contributed by atoms with Crippen molar-refractivity contribution in [1.29, 1.82) is 0 Å². The normalized spacial score (nSPS) is 12.6. The van der Waals surface area contributed by atoms with Gasteiger partial charge in [0.05, 0.1) is 11.4 Å². The number of thiophene rings is 1. The van der Waals surface area contributed by atoms with Crippen LogP contribution in [-0.2, 0) is 13.1 Å². The zero-order valence-electron chi connectivity index (χ0n) is 17.0. The number of nitrogens with zero attached hydrogens (tertiary/aromatic N) is 2. The molecule has 4 aromatic rings. The van der Waals surface area contributed by atoms with Crippen LogP contribution in [0.1, 0.15) is 36.9 Å². The van der Waals surface area contributed by atoms with E-state index in [9.17, 15) is 9.59 Å². The van der Waals surface area contributed by atoms with Gasteiger partial charge in [0.25, 0.3) is 11.8 Å². The molecule has 2 amide bonds. The predicted molar refractivity (Wildman–Crippen MR) is 124 cm³/mol. The summed E-state index contributed by atoms with van der Waals surface area (Å²) in [6, 6.07) is 21.1. The van der Waals surface area contributed by atoms with Crippen molar-refractivity contribution in [2.75, 3.05) is 10.2 Å². The summed E-state index contributed by atoms with van der Waals surface area (Å²) in [6.45, 7) is 3.18. The monoisotopic (exact) mass is 427 g/mol. The minimum atomic E-state index is -0.131. The molecule has 0 spiro atoms. The molecule has 0 atom stereocenters. The molecule has 0 saturated heterocycles. The maximum atomic E-state index is 13.4. The fourth-order valence-electron chi connectivity index (χ4n) is 3.91. The summed E-state index contributed by atoms with van der Waals surface area (Å²) in [5.74, 6) is -0.192. The second-order valence-corrected chi connectivity index (χ2v) is 8.53. The van der Waals surface area contributed by atoms with Gasteiger partial charge in [0, 0.05) is 35.4 Å². The van der Waals surface area contributed by atoms with E-state index in [2.05, 4.69) is 22.0 Å². The summed E-state index contributed by atoms with van der Waals surface area (Å²) in [5, 5.41) is 4.81. The molecule has 0 aliphatic carbocycles. The first-order valence-corrected chi connectivity index (χ1v) is 11.0. The summed E-state index contributed by atoms with van der Waals surface area (Å²) < 4.78 is 2.18. The summed E-state index contributed by atoms with van der Waals surface area (Å²) in [5.41, 5.74) is 5.35. The summed E-state index contributed by atoms with van der Waals surface area (Å²) in [6.07, 6.45) is 2.05. The minimum Gasteiger partial charge on any atom is -0.345 e. The Morgan fingerprint density at radius 1 is 0.935 bits per heavy atom. The van der Waals surface area contributed by atoms with Crippen LogP contribution in [0.4, 0.5) is 11.4 Å². The van der Waals surface area contributed by atoms with Gasteiger partial charge in [0.2, 0.25) is 0 Å². The Morgan fingerprint density at radius 3 is 2.52 bits per heavy atom. The minimum absolute atomic E-state index is 0.0610. The first-order chi connectivity index (χ1) is 15.1. The Morgan fingerprint density at radius 2 is 1.74 bits per heavy atom. The van der Waals surface area contributed by atoms with Crippen LogP contribution in [0.25, 0.3) is 0 Å². The third-order valence-corrected chi connectivity index (χ3v) is 6.59. The molecule has 0 unspecified atom stereocenters. The van der Waals surface area contributed by atoms with Gasteiger partial charge in [-0.3, -0.25) is 9.59 Å². The van der Waals surface area contributed by atoms with E-state index in [1.807, 2.05) is 53.7 Å². The lowest BCUT2D eigenvalue weighted by molar-refractivity contribution is 0.0984. The van der Waals surface area contributed by atoms with Crippen LogP contribution in [0.2, 0.25) is 0 Å².